The Hall–Kier alpha value is -1.96. The molecule has 0 bridgehead atoms. The third kappa shape index (κ3) is 6.03. The molecule has 4 rings (SSSR count). The molecule has 3 N–H and O–H groups in total. The van der Waals surface area contributed by atoms with Crippen LogP contribution in [0.5, 0.6) is 0 Å². The molecule has 2 saturated carbocycles. The smallest absolute Gasteiger partial charge is 0.339 e. The van der Waals surface area contributed by atoms with Crippen molar-refractivity contribution in [3.63, 3.8) is 0 Å². The van der Waals surface area contributed by atoms with Crippen molar-refractivity contribution in [2.45, 2.75) is 131 Å². The van der Waals surface area contributed by atoms with Gasteiger partial charge in [-0.3, -0.25) is 4.79 Å². The number of allylic oxidation sites excluding steroid dienone is 3. The molecule has 7 heteroatoms. The van der Waals surface area contributed by atoms with Crippen molar-refractivity contribution in [2.75, 3.05) is 6.61 Å². The van der Waals surface area contributed by atoms with E-state index in [1.54, 1.807) is 33.8 Å². The molecule has 1 aliphatic heterocycles. The number of carboxylic acid groups (broad SMARTS) is 1. The monoisotopic (exact) mass is 600 g/mol. The molecule has 242 valence electrons. The van der Waals surface area contributed by atoms with E-state index in [1.807, 2.05) is 0 Å². The molecule has 10 atom stereocenters. The third-order valence-electron chi connectivity index (χ3n) is 12.2. The van der Waals surface area contributed by atoms with Gasteiger partial charge in [-0.1, -0.05) is 50.1 Å². The quantitative estimate of drug-likeness (QED) is 0.201. The molecule has 0 aromatic carbocycles. The number of carbonyl (C=O) groups excluding carboxylic acids is 1. The van der Waals surface area contributed by atoms with Gasteiger partial charge in [0, 0.05) is 11.8 Å². The van der Waals surface area contributed by atoms with Crippen LogP contribution in [0.3, 0.4) is 0 Å². The Morgan fingerprint density at radius 2 is 1.86 bits per heavy atom. The van der Waals surface area contributed by atoms with Gasteiger partial charge in [-0.15, -0.1) is 0 Å². The van der Waals surface area contributed by atoms with Gasteiger partial charge in [0.15, 0.2) is 6.10 Å². The average Bonchev–Trinajstić information content (AvgIpc) is 3.51. The minimum absolute atomic E-state index is 0.0152. The first-order valence-corrected chi connectivity index (χ1v) is 16.3. The van der Waals surface area contributed by atoms with Gasteiger partial charge >= 0.3 is 11.9 Å². The summed E-state index contributed by atoms with van der Waals surface area (Å²) in [5, 5.41) is 32.1. The van der Waals surface area contributed by atoms with Crippen molar-refractivity contribution in [3.05, 3.63) is 34.9 Å². The van der Waals surface area contributed by atoms with Crippen LogP contribution in [0.15, 0.2) is 34.9 Å². The largest absolute Gasteiger partial charge is 0.481 e. The third-order valence-corrected chi connectivity index (χ3v) is 12.2. The Labute approximate surface area is 258 Å². The maximum Gasteiger partial charge on any atom is 0.339 e. The first-order valence-electron chi connectivity index (χ1n) is 16.3. The van der Waals surface area contributed by atoms with E-state index in [4.69, 9.17) is 9.47 Å². The van der Waals surface area contributed by atoms with Gasteiger partial charge in [-0.2, -0.15) is 0 Å². The van der Waals surface area contributed by atoms with Gasteiger partial charge in [0.2, 0.25) is 0 Å². The van der Waals surface area contributed by atoms with Crippen molar-refractivity contribution < 1.29 is 34.4 Å². The first-order chi connectivity index (χ1) is 19.9. The maximum absolute atomic E-state index is 13.4. The van der Waals surface area contributed by atoms with Crippen molar-refractivity contribution in [1.82, 2.24) is 0 Å². The summed E-state index contributed by atoms with van der Waals surface area (Å²) in [6.07, 6.45) is 9.14. The number of ether oxygens (including phenoxy) is 2. The summed E-state index contributed by atoms with van der Waals surface area (Å²) in [7, 11) is 0. The summed E-state index contributed by atoms with van der Waals surface area (Å²) in [6.45, 7) is 18.8. The van der Waals surface area contributed by atoms with E-state index < -0.39 is 40.6 Å². The normalized spacial score (nSPS) is 40.3. The summed E-state index contributed by atoms with van der Waals surface area (Å²) in [5.41, 5.74) is 0.792. The van der Waals surface area contributed by atoms with E-state index in [9.17, 15) is 24.9 Å². The molecule has 3 fully saturated rings. The lowest BCUT2D eigenvalue weighted by Crippen LogP contribution is -2.64. The van der Waals surface area contributed by atoms with Gasteiger partial charge < -0.3 is 24.8 Å². The highest BCUT2D eigenvalue weighted by molar-refractivity contribution is 5.78. The number of hydrogen-bond donors (Lipinski definition) is 3. The molecule has 43 heavy (non-hydrogen) atoms. The Morgan fingerprint density at radius 3 is 2.44 bits per heavy atom. The molecule has 1 saturated heterocycles. The van der Waals surface area contributed by atoms with E-state index in [0.29, 0.717) is 30.3 Å². The number of carboxylic acids is 1. The number of hydrogen-bond acceptors (Lipinski definition) is 6. The standard InChI is InChI=1S/C36H56O7/c1-10-22(4)31(39)32(40)43-29-19-28(33(5,6)41)35(8,16-14-30(37)38)27-13-15-34(7)25(11-12-26(34)36(27,29)9)23-18-24(42-20-23)17-21(2)3/h10,12,17,23-25,27-29,31,39,41H,11,13-16,18-20H2,1-9H3,(H,37,38). The molecule has 3 aliphatic carbocycles. The molecule has 4 aliphatic rings. The fraction of sp³-hybridized carbons (Fsp3) is 0.778. The molecule has 7 nitrogen and oxygen atoms in total. The molecule has 0 amide bonds. The molecule has 0 aromatic rings. The van der Waals surface area contributed by atoms with E-state index >= 15 is 0 Å². The second kappa shape index (κ2) is 12.1. The van der Waals surface area contributed by atoms with Crippen LogP contribution in [0.25, 0.3) is 0 Å². The predicted octanol–water partition coefficient (Wildman–Crippen LogP) is 6.63. The van der Waals surface area contributed by atoms with Gasteiger partial charge in [0.05, 0.1) is 18.3 Å². The van der Waals surface area contributed by atoms with Crippen LogP contribution >= 0.6 is 0 Å². The SMILES string of the molecule is CC=C(C)C(O)C(=O)OC1CC(C(C)(C)O)C(C)(CCC(=O)O)C2CCC3(C)C(=CCC3C3COC(C=C(C)C)C3)C12C. The van der Waals surface area contributed by atoms with Crippen LogP contribution < -0.4 is 0 Å². The van der Waals surface area contributed by atoms with Crippen molar-refractivity contribution >= 4 is 11.9 Å². The highest BCUT2D eigenvalue weighted by Crippen LogP contribution is 2.72. The van der Waals surface area contributed by atoms with E-state index in [-0.39, 0.29) is 29.8 Å². The lowest BCUT2D eigenvalue weighted by Gasteiger charge is -2.66. The minimum Gasteiger partial charge on any atom is -0.481 e. The number of rotatable bonds is 9. The zero-order valence-electron chi connectivity index (χ0n) is 27.9. The molecule has 0 aromatic heterocycles. The fourth-order valence-electron chi connectivity index (χ4n) is 10.1. The highest BCUT2D eigenvalue weighted by atomic mass is 16.6. The molecule has 10 unspecified atom stereocenters. The highest BCUT2D eigenvalue weighted by Gasteiger charge is 2.68. The minimum atomic E-state index is -1.35. The molecular formula is C36H56O7. The Balaban J connectivity index is 1.77. The topological polar surface area (TPSA) is 113 Å². The average molecular weight is 601 g/mol. The van der Waals surface area contributed by atoms with Crippen LogP contribution in [0.4, 0.5) is 0 Å². The number of carbonyl (C=O) groups is 2. The number of aliphatic hydroxyl groups is 2. The fourth-order valence-corrected chi connectivity index (χ4v) is 10.1. The van der Waals surface area contributed by atoms with Gasteiger partial charge in [0.25, 0.3) is 0 Å². The molecule has 1 heterocycles. The van der Waals surface area contributed by atoms with Crippen LogP contribution in [0, 0.1) is 39.9 Å². The lowest BCUT2D eigenvalue weighted by molar-refractivity contribution is -0.212. The van der Waals surface area contributed by atoms with Crippen LogP contribution in [-0.2, 0) is 19.1 Å². The maximum atomic E-state index is 13.4. The molecule has 0 radical (unpaired) electrons. The van der Waals surface area contributed by atoms with Gasteiger partial charge in [0.1, 0.15) is 6.10 Å². The summed E-state index contributed by atoms with van der Waals surface area (Å²) >= 11 is 0. The van der Waals surface area contributed by atoms with Crippen LogP contribution in [0.2, 0.25) is 0 Å². The van der Waals surface area contributed by atoms with Gasteiger partial charge in [-0.25, -0.2) is 4.79 Å². The van der Waals surface area contributed by atoms with Crippen molar-refractivity contribution in [1.29, 1.82) is 0 Å². The molecular weight excluding hydrogens is 544 g/mol. The Kier molecular flexibility index (Phi) is 9.54. The number of aliphatic carboxylic acids is 1. The number of fused-ring (bicyclic) bond motifs is 3. The summed E-state index contributed by atoms with van der Waals surface area (Å²) in [4.78, 5) is 25.3. The Morgan fingerprint density at radius 1 is 1.19 bits per heavy atom. The number of aliphatic hydroxyl groups excluding tert-OH is 1. The predicted molar refractivity (Wildman–Crippen MR) is 167 cm³/mol. The second-order valence-corrected chi connectivity index (χ2v) is 15.6. The summed E-state index contributed by atoms with van der Waals surface area (Å²) in [5.74, 6) is -1.00. The first kappa shape index (κ1) is 33.9. The van der Waals surface area contributed by atoms with E-state index in [1.165, 1.54) is 11.1 Å². The Bertz CT molecular complexity index is 1170. The summed E-state index contributed by atoms with van der Waals surface area (Å²) in [6, 6.07) is 0. The summed E-state index contributed by atoms with van der Waals surface area (Å²) < 4.78 is 12.6. The van der Waals surface area contributed by atoms with Gasteiger partial charge in [-0.05, 0) is 120 Å². The zero-order valence-corrected chi connectivity index (χ0v) is 27.9. The van der Waals surface area contributed by atoms with Crippen LogP contribution in [-0.4, -0.2) is 57.8 Å². The number of esters is 1. The second-order valence-electron chi connectivity index (χ2n) is 15.6. The van der Waals surface area contributed by atoms with Crippen molar-refractivity contribution in [2.24, 2.45) is 39.9 Å². The van der Waals surface area contributed by atoms with Crippen molar-refractivity contribution in [3.8, 4) is 0 Å². The van der Waals surface area contributed by atoms with E-state index in [0.717, 1.165) is 32.3 Å². The lowest BCUT2D eigenvalue weighted by atomic mass is 9.39. The van der Waals surface area contributed by atoms with E-state index in [2.05, 4.69) is 46.8 Å². The zero-order chi connectivity index (χ0) is 32.1. The molecule has 0 spiro atoms. The van der Waals surface area contributed by atoms with Crippen LogP contribution in [0.1, 0.15) is 107 Å².